The normalized spacial score (nSPS) is 12.0. The first-order valence-electron chi connectivity index (χ1n) is 11.2. The number of aryl methyl sites for hydroxylation is 1. The molecule has 13 heteroatoms. The molecular formula is C25H20N4O8S. The van der Waals surface area contributed by atoms with E-state index in [0.717, 1.165) is 23.3 Å². The molecule has 0 aliphatic heterocycles. The van der Waals surface area contributed by atoms with Crippen molar-refractivity contribution in [1.82, 2.24) is 5.43 Å². The Hall–Kier alpha value is -4.91. The van der Waals surface area contributed by atoms with Gasteiger partial charge in [0.2, 0.25) is 0 Å². The van der Waals surface area contributed by atoms with Gasteiger partial charge >= 0.3 is 23.8 Å². The lowest BCUT2D eigenvalue weighted by Gasteiger charge is -2.06. The van der Waals surface area contributed by atoms with Crippen molar-refractivity contribution in [3.8, 4) is 5.75 Å². The summed E-state index contributed by atoms with van der Waals surface area (Å²) in [6, 6.07) is 11.1. The summed E-state index contributed by atoms with van der Waals surface area (Å²) >= 11 is 1.24. The molecule has 1 aliphatic rings. The van der Waals surface area contributed by atoms with Gasteiger partial charge in [-0.25, -0.2) is 15.0 Å². The second-order valence-electron chi connectivity index (χ2n) is 7.97. The summed E-state index contributed by atoms with van der Waals surface area (Å²) in [7, 11) is 1.25. The molecular weight excluding hydrogens is 516 g/mol. The summed E-state index contributed by atoms with van der Waals surface area (Å²) in [5.74, 6) is -3.18. The number of rotatable bonds is 7. The zero-order valence-electron chi connectivity index (χ0n) is 19.9. The third-order valence-corrected chi connectivity index (χ3v) is 6.71. The molecule has 1 aromatic heterocycles. The highest BCUT2D eigenvalue weighted by molar-refractivity contribution is 7.17. The van der Waals surface area contributed by atoms with Crippen LogP contribution < -0.4 is 15.5 Å². The minimum Gasteiger partial charge on any atom is -0.465 e. The Morgan fingerprint density at radius 1 is 1.05 bits per heavy atom. The van der Waals surface area contributed by atoms with E-state index in [1.165, 1.54) is 61.1 Å². The summed E-state index contributed by atoms with van der Waals surface area (Å²) in [5.41, 5.74) is 3.64. The molecule has 0 saturated carbocycles. The molecule has 0 atom stereocenters. The number of esters is 2. The number of carbonyl (C=O) groups excluding carboxylic acids is 4. The number of non-ortho nitro benzene ring substituents is 1. The van der Waals surface area contributed by atoms with Gasteiger partial charge in [0.1, 0.15) is 10.8 Å². The predicted octanol–water partition coefficient (Wildman–Crippen LogP) is 3.24. The molecule has 0 unspecified atom stereocenters. The van der Waals surface area contributed by atoms with E-state index >= 15 is 0 Å². The second-order valence-corrected chi connectivity index (χ2v) is 9.08. The fourth-order valence-corrected chi connectivity index (χ4v) is 5.00. The molecule has 12 nitrogen and oxygen atoms in total. The van der Waals surface area contributed by atoms with Crippen LogP contribution in [-0.4, -0.2) is 42.0 Å². The summed E-state index contributed by atoms with van der Waals surface area (Å²) in [6.45, 7) is 0. The molecule has 0 radical (unpaired) electrons. The summed E-state index contributed by atoms with van der Waals surface area (Å²) in [6.07, 6.45) is 3.64. The molecule has 1 aliphatic carbocycles. The van der Waals surface area contributed by atoms with Crippen molar-refractivity contribution in [2.24, 2.45) is 5.10 Å². The van der Waals surface area contributed by atoms with Crippen LogP contribution in [0.3, 0.4) is 0 Å². The topological polar surface area (TPSA) is 166 Å². The van der Waals surface area contributed by atoms with Crippen LogP contribution in [0, 0.1) is 10.1 Å². The van der Waals surface area contributed by atoms with Crippen LogP contribution in [0.4, 0.5) is 10.7 Å². The van der Waals surface area contributed by atoms with E-state index in [-0.39, 0.29) is 27.6 Å². The zero-order chi connectivity index (χ0) is 27.2. The van der Waals surface area contributed by atoms with E-state index in [1.807, 2.05) is 0 Å². The minimum absolute atomic E-state index is 0.124. The Balaban J connectivity index is 1.35. The van der Waals surface area contributed by atoms with Crippen molar-refractivity contribution in [1.29, 1.82) is 0 Å². The molecule has 0 spiro atoms. The Bertz CT molecular complexity index is 1460. The van der Waals surface area contributed by atoms with Gasteiger partial charge in [-0.3, -0.25) is 19.7 Å². The van der Waals surface area contributed by atoms with Crippen molar-refractivity contribution < 1.29 is 33.6 Å². The molecule has 2 amide bonds. The number of nitrogens with zero attached hydrogens (tertiary/aromatic N) is 2. The van der Waals surface area contributed by atoms with E-state index in [2.05, 4.69) is 15.8 Å². The average Bonchev–Trinajstić information content (AvgIpc) is 3.49. The largest absolute Gasteiger partial charge is 0.465 e. The number of ether oxygens (including phenoxy) is 2. The van der Waals surface area contributed by atoms with Crippen LogP contribution in [-0.2, 0) is 27.2 Å². The maximum atomic E-state index is 12.4. The minimum atomic E-state index is -1.05. The van der Waals surface area contributed by atoms with Gasteiger partial charge in [0.05, 0.1) is 29.4 Å². The van der Waals surface area contributed by atoms with Crippen molar-refractivity contribution in [2.45, 2.75) is 19.3 Å². The Morgan fingerprint density at radius 2 is 1.82 bits per heavy atom. The summed E-state index contributed by atoms with van der Waals surface area (Å²) < 4.78 is 10.1. The first kappa shape index (κ1) is 26.2. The third kappa shape index (κ3) is 5.90. The highest BCUT2D eigenvalue weighted by atomic mass is 32.1. The van der Waals surface area contributed by atoms with Gasteiger partial charge < -0.3 is 14.8 Å². The van der Waals surface area contributed by atoms with Gasteiger partial charge in [-0.15, -0.1) is 11.3 Å². The molecule has 2 aromatic carbocycles. The molecule has 4 rings (SSSR count). The maximum absolute atomic E-state index is 12.4. The maximum Gasteiger partial charge on any atom is 0.343 e. The number of nitro benzene ring substituents is 1. The van der Waals surface area contributed by atoms with Crippen LogP contribution in [0.2, 0.25) is 0 Å². The molecule has 38 heavy (non-hydrogen) atoms. The molecule has 194 valence electrons. The van der Waals surface area contributed by atoms with Crippen LogP contribution >= 0.6 is 11.3 Å². The number of benzene rings is 2. The summed E-state index contributed by atoms with van der Waals surface area (Å²) in [5, 5.41) is 17.2. The molecule has 3 aromatic rings. The second kappa shape index (κ2) is 11.4. The quantitative estimate of drug-likeness (QED) is 0.116. The van der Waals surface area contributed by atoms with Crippen molar-refractivity contribution in [3.05, 3.63) is 85.8 Å². The van der Waals surface area contributed by atoms with Gasteiger partial charge in [-0.05, 0) is 54.7 Å². The number of carbonyl (C=O) groups is 4. The number of hydrogen-bond acceptors (Lipinski definition) is 10. The zero-order valence-corrected chi connectivity index (χ0v) is 20.7. The van der Waals surface area contributed by atoms with Crippen molar-refractivity contribution in [2.75, 3.05) is 12.4 Å². The molecule has 0 saturated heterocycles. The predicted molar refractivity (Wildman–Crippen MR) is 137 cm³/mol. The third-order valence-electron chi connectivity index (χ3n) is 5.51. The fourth-order valence-electron chi connectivity index (χ4n) is 3.73. The van der Waals surface area contributed by atoms with Gasteiger partial charge in [0.25, 0.3) is 5.69 Å². The summed E-state index contributed by atoms with van der Waals surface area (Å²) in [4.78, 5) is 60.3. The smallest absolute Gasteiger partial charge is 0.343 e. The lowest BCUT2D eigenvalue weighted by molar-refractivity contribution is -0.384. The van der Waals surface area contributed by atoms with Crippen LogP contribution in [0.5, 0.6) is 5.75 Å². The van der Waals surface area contributed by atoms with Gasteiger partial charge in [-0.2, -0.15) is 5.10 Å². The van der Waals surface area contributed by atoms with Crippen LogP contribution in [0.1, 0.15) is 43.1 Å². The number of thiophene rings is 1. The number of hydrogen-bond donors (Lipinski definition) is 2. The van der Waals surface area contributed by atoms with E-state index in [1.54, 1.807) is 12.1 Å². The van der Waals surface area contributed by atoms with Crippen molar-refractivity contribution in [3.63, 3.8) is 0 Å². The standard InChI is InChI=1S/C25H20N4O8S/c1-36-25(33)20-18-6-3-7-19(18)38-23(20)27-21(30)22(31)28-26-13-14-4-2-5-17(12-14)37-24(32)15-8-10-16(11-9-15)29(34)35/h2,4-5,8-13H,3,6-7H2,1H3,(H,27,30)(H,28,31). The van der Waals surface area contributed by atoms with Crippen molar-refractivity contribution >= 4 is 52.0 Å². The lowest BCUT2D eigenvalue weighted by atomic mass is 10.1. The Kier molecular flexibility index (Phi) is 7.87. The van der Waals surface area contributed by atoms with Gasteiger partial charge in [-0.1, -0.05) is 12.1 Å². The van der Waals surface area contributed by atoms with Crippen LogP contribution in [0.25, 0.3) is 0 Å². The van der Waals surface area contributed by atoms with E-state index in [0.29, 0.717) is 12.0 Å². The van der Waals surface area contributed by atoms with Gasteiger partial charge in [0.15, 0.2) is 0 Å². The highest BCUT2D eigenvalue weighted by Crippen LogP contribution is 2.39. The van der Waals surface area contributed by atoms with E-state index in [4.69, 9.17) is 9.47 Å². The van der Waals surface area contributed by atoms with E-state index in [9.17, 15) is 29.3 Å². The fraction of sp³-hybridized carbons (Fsp3) is 0.160. The number of nitrogens with one attached hydrogen (secondary N) is 2. The number of amides is 2. The monoisotopic (exact) mass is 536 g/mol. The number of nitro groups is 1. The SMILES string of the molecule is COC(=O)c1c(NC(=O)C(=O)NN=Cc2cccc(OC(=O)c3ccc([N+](=O)[O-])cc3)c2)sc2c1CCC2. The highest BCUT2D eigenvalue weighted by Gasteiger charge is 2.29. The van der Waals surface area contributed by atoms with Gasteiger partial charge in [0, 0.05) is 17.0 Å². The Labute approximate surface area is 219 Å². The molecule has 0 fully saturated rings. The van der Waals surface area contributed by atoms with Crippen LogP contribution in [0.15, 0.2) is 53.6 Å². The number of methoxy groups -OCH3 is 1. The first-order valence-corrected chi connectivity index (χ1v) is 12.0. The Morgan fingerprint density at radius 3 is 2.53 bits per heavy atom. The number of fused-ring (bicyclic) bond motifs is 1. The molecule has 0 bridgehead atoms. The number of anilines is 1. The number of hydrazone groups is 1. The average molecular weight is 537 g/mol. The molecule has 1 heterocycles. The molecule has 2 N–H and O–H groups in total. The first-order chi connectivity index (χ1) is 18.3. The lowest BCUT2D eigenvalue weighted by Crippen LogP contribution is -2.32. The van der Waals surface area contributed by atoms with E-state index < -0.39 is 28.7 Å².